The molecule has 254 valence electrons. The highest BCUT2D eigenvalue weighted by Gasteiger charge is 2.81. The Bertz CT molecular complexity index is 1470. The van der Waals surface area contributed by atoms with Crippen LogP contribution >= 0.6 is 0 Å². The number of allylic oxidation sites excluding steroid dienone is 2. The van der Waals surface area contributed by atoms with Crippen molar-refractivity contribution in [2.45, 2.75) is 103 Å². The molecule has 2 heterocycles. The normalized spacial score (nSPS) is 36.8. The fourth-order valence-corrected chi connectivity index (χ4v) is 8.68. The molecule has 1 saturated heterocycles. The van der Waals surface area contributed by atoms with Gasteiger partial charge in [0.2, 0.25) is 5.78 Å². The molecule has 10 atom stereocenters. The Morgan fingerprint density at radius 2 is 1.72 bits per heavy atom. The van der Waals surface area contributed by atoms with Gasteiger partial charge in [-0.25, -0.2) is 4.79 Å². The minimum atomic E-state index is -1.88. The molecule has 2 saturated carbocycles. The zero-order valence-corrected chi connectivity index (χ0v) is 28.0. The highest BCUT2D eigenvalue weighted by molar-refractivity contribution is 5.98. The molecule has 2 bridgehead atoms. The van der Waals surface area contributed by atoms with E-state index >= 15 is 4.79 Å². The maximum Gasteiger partial charge on any atom is 0.340 e. The Kier molecular flexibility index (Phi) is 9.52. The first-order chi connectivity index (χ1) is 22.3. The lowest BCUT2D eigenvalue weighted by atomic mass is 9.55. The summed E-state index contributed by atoms with van der Waals surface area (Å²) in [4.78, 5) is 72.6. The van der Waals surface area contributed by atoms with Crippen LogP contribution in [0.1, 0.15) is 84.0 Å². The third-order valence-electron chi connectivity index (χ3n) is 10.4. The molecular weight excluding hydrogens is 606 g/mol. The van der Waals surface area contributed by atoms with Crippen LogP contribution in [0.5, 0.6) is 0 Å². The fourth-order valence-electron chi connectivity index (χ4n) is 8.68. The van der Waals surface area contributed by atoms with Gasteiger partial charge < -0.3 is 23.7 Å². The van der Waals surface area contributed by atoms with Crippen LogP contribution in [0.3, 0.4) is 0 Å². The van der Waals surface area contributed by atoms with E-state index in [-0.39, 0.29) is 31.4 Å². The number of pyridine rings is 1. The van der Waals surface area contributed by atoms with Crippen LogP contribution in [-0.4, -0.2) is 70.8 Å². The van der Waals surface area contributed by atoms with Gasteiger partial charge in [0.1, 0.15) is 23.9 Å². The van der Waals surface area contributed by atoms with Crippen LogP contribution in [0, 0.1) is 29.1 Å². The number of nitrogens with zero attached hydrogens (tertiary/aromatic N) is 1. The van der Waals surface area contributed by atoms with E-state index < -0.39 is 88.3 Å². The van der Waals surface area contributed by atoms with Crippen molar-refractivity contribution in [2.24, 2.45) is 29.1 Å². The number of carbonyl (C=O) groups excluding carboxylic acids is 5. The third kappa shape index (κ3) is 5.60. The summed E-state index contributed by atoms with van der Waals surface area (Å²) in [6, 6.07) is 3.19. The summed E-state index contributed by atoms with van der Waals surface area (Å²) in [6.45, 7) is 14.3. The first kappa shape index (κ1) is 34.5. The summed E-state index contributed by atoms with van der Waals surface area (Å²) >= 11 is 0. The summed E-state index contributed by atoms with van der Waals surface area (Å²) in [7, 11) is 0. The van der Waals surface area contributed by atoms with E-state index in [4.69, 9.17) is 23.7 Å². The molecule has 0 amide bonds. The van der Waals surface area contributed by atoms with Gasteiger partial charge in [-0.15, -0.1) is 0 Å². The van der Waals surface area contributed by atoms with Gasteiger partial charge in [-0.05, 0) is 50.8 Å². The second kappa shape index (κ2) is 13.0. The number of hydrogen-bond donors (Lipinski definition) is 0. The predicted octanol–water partition coefficient (Wildman–Crippen LogP) is 4.73. The van der Waals surface area contributed by atoms with Gasteiger partial charge in [-0.2, -0.15) is 0 Å². The molecule has 3 fully saturated rings. The van der Waals surface area contributed by atoms with E-state index in [1.807, 2.05) is 33.8 Å². The van der Waals surface area contributed by atoms with Gasteiger partial charge in [-0.1, -0.05) is 39.0 Å². The van der Waals surface area contributed by atoms with Crippen LogP contribution < -0.4 is 0 Å². The lowest BCUT2D eigenvalue weighted by Gasteiger charge is -2.51. The first-order valence-corrected chi connectivity index (χ1v) is 16.5. The number of ketones is 1. The number of rotatable bonds is 10. The van der Waals surface area contributed by atoms with Crippen LogP contribution in [0.4, 0.5) is 0 Å². The quantitative estimate of drug-likeness (QED) is 0.197. The average molecular weight is 652 g/mol. The number of ether oxygens (including phenoxy) is 5. The van der Waals surface area contributed by atoms with Crippen molar-refractivity contribution in [3.63, 3.8) is 0 Å². The van der Waals surface area contributed by atoms with Gasteiger partial charge >= 0.3 is 23.9 Å². The van der Waals surface area contributed by atoms with Crippen LogP contribution in [-0.2, 0) is 42.9 Å². The van der Waals surface area contributed by atoms with Crippen molar-refractivity contribution in [3.8, 4) is 0 Å². The Labute approximate surface area is 275 Å². The maximum atomic E-state index is 15.2. The molecule has 3 aliphatic carbocycles. The highest BCUT2D eigenvalue weighted by atomic mass is 16.6. The van der Waals surface area contributed by atoms with Gasteiger partial charge in [0.25, 0.3) is 0 Å². The molecule has 0 aromatic carbocycles. The SMILES string of the molecule is C=C(C)C1C=C[C@@H](OC(=O)c2cccnc2)C23COC(C)(C(=O)[C@@]4(OC(C)=O)C[C@H](C)C(OC(=O)CCC)C4[C@H]2OC(=O)CCC)C13. The fraction of sp³-hybridized carbons (Fsp3) is 0.611. The van der Waals surface area contributed by atoms with Crippen LogP contribution in [0.15, 0.2) is 48.8 Å². The smallest absolute Gasteiger partial charge is 0.340 e. The minimum Gasteiger partial charge on any atom is -0.461 e. The second-order valence-corrected chi connectivity index (χ2v) is 13.7. The molecule has 47 heavy (non-hydrogen) atoms. The van der Waals surface area contributed by atoms with Crippen molar-refractivity contribution in [3.05, 3.63) is 54.4 Å². The zero-order valence-electron chi connectivity index (χ0n) is 28.0. The topological polar surface area (TPSA) is 144 Å². The van der Waals surface area contributed by atoms with E-state index in [9.17, 15) is 19.2 Å². The van der Waals surface area contributed by atoms with Crippen molar-refractivity contribution in [1.82, 2.24) is 4.98 Å². The molecule has 5 rings (SSSR count). The number of carbonyl (C=O) groups is 5. The molecule has 0 radical (unpaired) electrons. The van der Waals surface area contributed by atoms with Crippen LogP contribution in [0.25, 0.3) is 0 Å². The van der Waals surface area contributed by atoms with Crippen molar-refractivity contribution in [1.29, 1.82) is 0 Å². The molecule has 0 spiro atoms. The van der Waals surface area contributed by atoms with E-state index in [0.29, 0.717) is 18.4 Å². The van der Waals surface area contributed by atoms with E-state index in [1.165, 1.54) is 19.3 Å². The summed E-state index contributed by atoms with van der Waals surface area (Å²) < 4.78 is 31.5. The molecule has 11 nitrogen and oxygen atoms in total. The first-order valence-electron chi connectivity index (χ1n) is 16.5. The Balaban J connectivity index is 1.80. The molecular formula is C36H45NO10. The number of hydrogen-bond acceptors (Lipinski definition) is 11. The number of aromatic nitrogens is 1. The van der Waals surface area contributed by atoms with Crippen molar-refractivity contribution in [2.75, 3.05) is 6.61 Å². The molecule has 1 aromatic heterocycles. The van der Waals surface area contributed by atoms with Crippen molar-refractivity contribution < 1.29 is 47.7 Å². The van der Waals surface area contributed by atoms with E-state index in [0.717, 1.165) is 0 Å². The van der Waals surface area contributed by atoms with Crippen molar-refractivity contribution >= 4 is 29.7 Å². The monoisotopic (exact) mass is 651 g/mol. The predicted molar refractivity (Wildman–Crippen MR) is 168 cm³/mol. The third-order valence-corrected chi connectivity index (χ3v) is 10.4. The maximum absolute atomic E-state index is 15.2. The average Bonchev–Trinajstić information content (AvgIpc) is 3.47. The lowest BCUT2D eigenvalue weighted by Crippen LogP contribution is -2.62. The second-order valence-electron chi connectivity index (χ2n) is 13.7. The summed E-state index contributed by atoms with van der Waals surface area (Å²) in [6.07, 6.45) is 4.43. The van der Waals surface area contributed by atoms with E-state index in [1.54, 1.807) is 25.1 Å². The molecule has 1 aliphatic heterocycles. The highest BCUT2D eigenvalue weighted by Crippen LogP contribution is 2.67. The summed E-state index contributed by atoms with van der Waals surface area (Å²) in [5, 5.41) is 0. The molecule has 11 heteroatoms. The standard InChI is InChI=1S/C36H45NO10/c1-8-11-26(39)45-29-21(5)17-36(47-22(6)38)28(29)31(46-27(40)12-9-2)35-19-43-34(7,33(36)42)30(35)24(20(3)4)14-15-25(35)44-32(41)23-13-10-16-37-18-23/h10,13-16,18,21,24-25,28-31H,3,8-9,11-12,17,19H2,1-2,4-7H3/t21-,24?,25+,28?,29?,30?,31+,34?,35?,36+/m0/s1. The molecule has 6 unspecified atom stereocenters. The van der Waals surface area contributed by atoms with Gasteiger partial charge in [-0.3, -0.25) is 24.2 Å². The Morgan fingerprint density at radius 3 is 2.32 bits per heavy atom. The summed E-state index contributed by atoms with van der Waals surface area (Å²) in [5.41, 5.74) is -3.94. The van der Waals surface area contributed by atoms with Gasteiger partial charge in [0.05, 0.1) is 23.5 Å². The molecule has 1 aromatic rings. The van der Waals surface area contributed by atoms with Crippen LogP contribution in [0.2, 0.25) is 0 Å². The zero-order chi connectivity index (χ0) is 34.3. The van der Waals surface area contributed by atoms with Gasteiger partial charge in [0, 0.05) is 50.4 Å². The minimum absolute atomic E-state index is 0.00896. The number of Topliss-reactive ketones (excluding diaryl/α,β-unsaturated/α-hetero) is 1. The number of esters is 4. The molecule has 0 N–H and O–H groups in total. The largest absolute Gasteiger partial charge is 0.461 e. The molecule has 4 aliphatic rings. The summed E-state index contributed by atoms with van der Waals surface area (Å²) in [5.74, 6) is -5.77. The lowest BCUT2D eigenvalue weighted by molar-refractivity contribution is -0.210. The van der Waals surface area contributed by atoms with Gasteiger partial charge in [0.15, 0.2) is 5.60 Å². The Morgan fingerprint density at radius 1 is 1.04 bits per heavy atom. The Hall–Kier alpha value is -3.86. The number of fused-ring (bicyclic) bond motifs is 1. The van der Waals surface area contributed by atoms with E-state index in [2.05, 4.69) is 11.6 Å².